The number of β-lactam (4-membered cyclic amide) rings is 1. The Morgan fingerprint density at radius 2 is 2.00 bits per heavy atom. The van der Waals surface area contributed by atoms with Gasteiger partial charge in [0.2, 0.25) is 5.91 Å². The first-order valence-corrected chi connectivity index (χ1v) is 6.37. The molecule has 1 amide bonds. The first-order valence-electron chi connectivity index (χ1n) is 6.37. The van der Waals surface area contributed by atoms with Crippen LogP contribution in [0.15, 0.2) is 49.1 Å². The predicted octanol–water partition coefficient (Wildman–Crippen LogP) is 2.36. The number of nitrogens with zero attached hydrogens (tertiary/aromatic N) is 1. The number of methoxy groups -OCH3 is 1. The maximum absolute atomic E-state index is 12.1. The van der Waals surface area contributed by atoms with Gasteiger partial charge in [-0.25, -0.2) is 0 Å². The molecule has 1 aromatic rings. The molecule has 1 fully saturated rings. The highest BCUT2D eigenvalue weighted by Crippen LogP contribution is 2.34. The molecular weight excluding hydrogens is 254 g/mol. The van der Waals surface area contributed by atoms with Gasteiger partial charge in [0.15, 0.2) is 5.78 Å². The Morgan fingerprint density at radius 1 is 1.35 bits per heavy atom. The number of carbonyl (C=O) groups excluding carboxylic acids is 2. The fourth-order valence-corrected chi connectivity index (χ4v) is 2.25. The normalized spacial score (nSPS) is 21.7. The summed E-state index contributed by atoms with van der Waals surface area (Å²) in [5, 5.41) is 0. The number of allylic oxidation sites excluding steroid dienone is 1. The molecule has 4 nitrogen and oxygen atoms in total. The topological polar surface area (TPSA) is 46.6 Å². The molecule has 104 valence electrons. The van der Waals surface area contributed by atoms with Crippen molar-refractivity contribution in [1.29, 1.82) is 0 Å². The largest absolute Gasteiger partial charge is 0.497 e. The van der Waals surface area contributed by atoms with E-state index < -0.39 is 0 Å². The molecule has 0 unspecified atom stereocenters. The predicted molar refractivity (Wildman–Crippen MR) is 77.8 cm³/mol. The minimum atomic E-state index is -0.271. The molecule has 0 radical (unpaired) electrons. The maximum Gasteiger partial charge on any atom is 0.236 e. The molecule has 0 saturated carbocycles. The maximum atomic E-state index is 12.1. The quantitative estimate of drug-likeness (QED) is 0.469. The number of amides is 1. The molecule has 20 heavy (non-hydrogen) atoms. The molecule has 0 spiro atoms. The van der Waals surface area contributed by atoms with Gasteiger partial charge in [-0.05, 0) is 37.3 Å². The summed E-state index contributed by atoms with van der Waals surface area (Å²) in [5.41, 5.74) is 0.784. The monoisotopic (exact) mass is 271 g/mol. The first-order chi connectivity index (χ1) is 9.58. The summed E-state index contributed by atoms with van der Waals surface area (Å²) in [4.78, 5) is 24.8. The van der Waals surface area contributed by atoms with Crippen LogP contribution in [0.4, 0.5) is 5.69 Å². The zero-order chi connectivity index (χ0) is 14.7. The van der Waals surface area contributed by atoms with Crippen molar-refractivity contribution in [3.8, 4) is 5.75 Å². The van der Waals surface area contributed by atoms with Crippen molar-refractivity contribution in [1.82, 2.24) is 0 Å². The number of rotatable bonds is 5. The SMILES string of the molecule is C=C[C@@H]1C(=O)N(c2ccc(OC)cc2)[C@@H]1/C=C/C(C)=O. The summed E-state index contributed by atoms with van der Waals surface area (Å²) >= 11 is 0. The Morgan fingerprint density at radius 3 is 2.50 bits per heavy atom. The van der Waals surface area contributed by atoms with Gasteiger partial charge in [0.25, 0.3) is 0 Å². The van der Waals surface area contributed by atoms with E-state index in [0.29, 0.717) is 0 Å². The Kier molecular flexibility index (Phi) is 4.03. The smallest absolute Gasteiger partial charge is 0.236 e. The van der Waals surface area contributed by atoms with Crippen molar-refractivity contribution >= 4 is 17.4 Å². The molecule has 1 aromatic carbocycles. The van der Waals surface area contributed by atoms with Crippen LogP contribution in [-0.2, 0) is 9.59 Å². The van der Waals surface area contributed by atoms with E-state index in [1.807, 2.05) is 12.1 Å². The molecule has 1 saturated heterocycles. The van der Waals surface area contributed by atoms with Crippen LogP contribution in [0.3, 0.4) is 0 Å². The van der Waals surface area contributed by atoms with E-state index in [-0.39, 0.29) is 23.7 Å². The van der Waals surface area contributed by atoms with E-state index in [0.717, 1.165) is 11.4 Å². The molecule has 0 bridgehead atoms. The van der Waals surface area contributed by atoms with Crippen molar-refractivity contribution in [2.75, 3.05) is 12.0 Å². The number of anilines is 1. The van der Waals surface area contributed by atoms with Gasteiger partial charge in [0.1, 0.15) is 5.75 Å². The van der Waals surface area contributed by atoms with Gasteiger partial charge >= 0.3 is 0 Å². The molecule has 1 heterocycles. The fraction of sp³-hybridized carbons (Fsp3) is 0.250. The number of hydrogen-bond acceptors (Lipinski definition) is 3. The van der Waals surface area contributed by atoms with E-state index >= 15 is 0 Å². The third-order valence-corrected chi connectivity index (χ3v) is 3.32. The minimum absolute atomic E-state index is 0.0108. The third-order valence-electron chi connectivity index (χ3n) is 3.32. The van der Waals surface area contributed by atoms with E-state index in [1.165, 1.54) is 13.0 Å². The van der Waals surface area contributed by atoms with E-state index in [9.17, 15) is 9.59 Å². The number of ketones is 1. The van der Waals surface area contributed by atoms with Gasteiger partial charge in [-0.2, -0.15) is 0 Å². The molecule has 0 N–H and O–H groups in total. The highest BCUT2D eigenvalue weighted by molar-refractivity contribution is 6.05. The lowest BCUT2D eigenvalue weighted by Gasteiger charge is -2.44. The van der Waals surface area contributed by atoms with Crippen LogP contribution in [0.5, 0.6) is 5.75 Å². The zero-order valence-corrected chi connectivity index (χ0v) is 11.6. The van der Waals surface area contributed by atoms with Gasteiger partial charge in [0, 0.05) is 5.69 Å². The summed E-state index contributed by atoms with van der Waals surface area (Å²) in [6.07, 6.45) is 4.86. The van der Waals surface area contributed by atoms with Crippen LogP contribution in [-0.4, -0.2) is 24.8 Å². The van der Waals surface area contributed by atoms with Gasteiger partial charge < -0.3 is 9.64 Å². The van der Waals surface area contributed by atoms with Gasteiger partial charge in [0.05, 0.1) is 19.1 Å². The molecule has 0 aliphatic carbocycles. The van der Waals surface area contributed by atoms with Crippen LogP contribution in [0, 0.1) is 5.92 Å². The van der Waals surface area contributed by atoms with Crippen LogP contribution >= 0.6 is 0 Å². The Bertz CT molecular complexity index is 560. The van der Waals surface area contributed by atoms with Crippen molar-refractivity contribution in [2.45, 2.75) is 13.0 Å². The number of ether oxygens (including phenoxy) is 1. The fourth-order valence-electron chi connectivity index (χ4n) is 2.25. The molecule has 2 atom stereocenters. The van der Waals surface area contributed by atoms with Crippen LogP contribution in [0.25, 0.3) is 0 Å². The number of benzene rings is 1. The molecule has 0 aromatic heterocycles. The van der Waals surface area contributed by atoms with E-state index in [1.54, 1.807) is 36.3 Å². The van der Waals surface area contributed by atoms with E-state index in [2.05, 4.69) is 6.58 Å². The zero-order valence-electron chi connectivity index (χ0n) is 11.6. The second kappa shape index (κ2) is 5.74. The highest BCUT2D eigenvalue weighted by atomic mass is 16.5. The molecule has 1 aliphatic rings. The number of carbonyl (C=O) groups is 2. The lowest BCUT2D eigenvalue weighted by molar-refractivity contribution is -0.127. The van der Waals surface area contributed by atoms with Crippen molar-refractivity contribution in [3.63, 3.8) is 0 Å². The third kappa shape index (κ3) is 2.50. The van der Waals surface area contributed by atoms with E-state index in [4.69, 9.17) is 4.74 Å². The second-order valence-electron chi connectivity index (χ2n) is 4.63. The number of hydrogen-bond donors (Lipinski definition) is 0. The average Bonchev–Trinajstić information content (AvgIpc) is 2.44. The lowest BCUT2D eigenvalue weighted by Crippen LogP contribution is -2.59. The van der Waals surface area contributed by atoms with Gasteiger partial charge in [-0.15, -0.1) is 6.58 Å². The highest BCUT2D eigenvalue weighted by Gasteiger charge is 2.44. The van der Waals surface area contributed by atoms with Gasteiger partial charge in [-0.1, -0.05) is 12.2 Å². The molecule has 1 aliphatic heterocycles. The van der Waals surface area contributed by atoms with Crippen molar-refractivity contribution in [2.24, 2.45) is 5.92 Å². The summed E-state index contributed by atoms with van der Waals surface area (Å²) in [5.74, 6) is 0.413. The first kappa shape index (κ1) is 14.1. The van der Waals surface area contributed by atoms with Crippen molar-refractivity contribution in [3.05, 3.63) is 49.1 Å². The van der Waals surface area contributed by atoms with Crippen LogP contribution < -0.4 is 9.64 Å². The summed E-state index contributed by atoms with van der Waals surface area (Å²) < 4.78 is 5.10. The van der Waals surface area contributed by atoms with Crippen molar-refractivity contribution < 1.29 is 14.3 Å². The van der Waals surface area contributed by atoms with Crippen LogP contribution in [0.1, 0.15) is 6.92 Å². The minimum Gasteiger partial charge on any atom is -0.497 e. The average molecular weight is 271 g/mol. The Hall–Kier alpha value is -2.36. The van der Waals surface area contributed by atoms with Crippen LogP contribution in [0.2, 0.25) is 0 Å². The molecule has 2 rings (SSSR count). The Labute approximate surface area is 118 Å². The Balaban J connectivity index is 2.25. The standard InChI is InChI=1S/C16H17NO3/c1-4-14-15(10-5-11(2)18)17(16(14)19)12-6-8-13(20-3)9-7-12/h4-10,14-15H,1H2,2-3H3/b10-5+/t14-,15+/m0/s1. The summed E-state index contributed by atoms with van der Waals surface area (Å²) in [6, 6.07) is 7.10. The second-order valence-corrected chi connectivity index (χ2v) is 4.63. The summed E-state index contributed by atoms with van der Waals surface area (Å²) in [6.45, 7) is 5.16. The molecular formula is C16H17NO3. The molecule has 4 heteroatoms. The lowest BCUT2D eigenvalue weighted by atomic mass is 9.86. The van der Waals surface area contributed by atoms with Gasteiger partial charge in [-0.3, -0.25) is 9.59 Å². The summed E-state index contributed by atoms with van der Waals surface area (Å²) in [7, 11) is 1.59.